The third-order valence-corrected chi connectivity index (χ3v) is 5.05. The number of carbonyl (C=O) groups is 2. The van der Waals surface area contributed by atoms with Gasteiger partial charge in [0.2, 0.25) is 5.91 Å². The van der Waals surface area contributed by atoms with Crippen LogP contribution in [0.1, 0.15) is 56.3 Å². The average Bonchev–Trinajstić information content (AvgIpc) is 2.59. The number of carbonyl (C=O) groups excluding carboxylic acids is 2. The molecule has 5 heteroatoms. The van der Waals surface area contributed by atoms with Crippen LogP contribution in [0.3, 0.4) is 0 Å². The SMILES string of the molecule is CC(C)C(NC(=O)c1ccc(Cl)cc1)C(=O)N(C)C1CCCCC1. The van der Waals surface area contributed by atoms with Crippen LogP contribution >= 0.6 is 11.6 Å². The molecule has 0 aromatic heterocycles. The Morgan fingerprint density at radius 2 is 1.71 bits per heavy atom. The lowest BCUT2D eigenvalue weighted by Crippen LogP contribution is -2.53. The maximum atomic E-state index is 12.9. The number of hydrogen-bond acceptors (Lipinski definition) is 2. The van der Waals surface area contributed by atoms with Gasteiger partial charge in [0.1, 0.15) is 6.04 Å². The summed E-state index contributed by atoms with van der Waals surface area (Å²) in [5, 5.41) is 3.48. The predicted octanol–water partition coefficient (Wildman–Crippen LogP) is 3.89. The highest BCUT2D eigenvalue weighted by Gasteiger charge is 2.31. The summed E-state index contributed by atoms with van der Waals surface area (Å²) in [4.78, 5) is 27.2. The highest BCUT2D eigenvalue weighted by atomic mass is 35.5. The molecule has 1 saturated carbocycles. The van der Waals surface area contributed by atoms with Crippen LogP contribution in [0.4, 0.5) is 0 Å². The van der Waals surface area contributed by atoms with Crippen molar-refractivity contribution < 1.29 is 9.59 Å². The van der Waals surface area contributed by atoms with Gasteiger partial charge in [-0.3, -0.25) is 9.59 Å². The van der Waals surface area contributed by atoms with Crippen molar-refractivity contribution in [3.05, 3.63) is 34.9 Å². The van der Waals surface area contributed by atoms with Gasteiger partial charge in [0.25, 0.3) is 5.91 Å². The first-order valence-corrected chi connectivity index (χ1v) is 9.11. The second-order valence-corrected chi connectivity index (χ2v) is 7.38. The van der Waals surface area contributed by atoms with Gasteiger partial charge in [-0.15, -0.1) is 0 Å². The number of hydrogen-bond donors (Lipinski definition) is 1. The van der Waals surface area contributed by atoms with E-state index in [0.29, 0.717) is 16.6 Å². The maximum absolute atomic E-state index is 12.9. The Labute approximate surface area is 149 Å². The second kappa shape index (κ2) is 8.52. The molecule has 0 spiro atoms. The first kappa shape index (κ1) is 18.8. The van der Waals surface area contributed by atoms with E-state index in [1.54, 1.807) is 24.3 Å². The van der Waals surface area contributed by atoms with E-state index in [4.69, 9.17) is 11.6 Å². The molecular formula is C19H27ClN2O2. The van der Waals surface area contributed by atoms with Gasteiger partial charge in [0.05, 0.1) is 0 Å². The highest BCUT2D eigenvalue weighted by Crippen LogP contribution is 2.23. The summed E-state index contributed by atoms with van der Waals surface area (Å²) in [5.41, 5.74) is 0.512. The van der Waals surface area contributed by atoms with E-state index in [2.05, 4.69) is 5.32 Å². The highest BCUT2D eigenvalue weighted by molar-refractivity contribution is 6.30. The van der Waals surface area contributed by atoms with Crippen LogP contribution in [0.5, 0.6) is 0 Å². The number of likely N-dealkylation sites (N-methyl/N-ethyl adjacent to an activating group) is 1. The zero-order chi connectivity index (χ0) is 17.7. The van der Waals surface area contributed by atoms with E-state index in [0.717, 1.165) is 12.8 Å². The van der Waals surface area contributed by atoms with E-state index < -0.39 is 6.04 Å². The summed E-state index contributed by atoms with van der Waals surface area (Å²) < 4.78 is 0. The predicted molar refractivity (Wildman–Crippen MR) is 97.2 cm³/mol. The van der Waals surface area contributed by atoms with Gasteiger partial charge in [-0.1, -0.05) is 44.7 Å². The van der Waals surface area contributed by atoms with E-state index in [1.807, 2.05) is 25.8 Å². The Balaban J connectivity index is 2.06. The van der Waals surface area contributed by atoms with Gasteiger partial charge in [-0.25, -0.2) is 0 Å². The van der Waals surface area contributed by atoms with E-state index in [9.17, 15) is 9.59 Å². The molecule has 132 valence electrons. The Morgan fingerprint density at radius 1 is 1.12 bits per heavy atom. The van der Waals surface area contributed by atoms with Crippen molar-refractivity contribution in [2.24, 2.45) is 5.92 Å². The summed E-state index contributed by atoms with van der Waals surface area (Å²) in [7, 11) is 1.86. The smallest absolute Gasteiger partial charge is 0.251 e. The Hall–Kier alpha value is -1.55. The van der Waals surface area contributed by atoms with Gasteiger partial charge in [0, 0.05) is 23.7 Å². The molecule has 1 atom stereocenters. The molecule has 0 radical (unpaired) electrons. The van der Waals surface area contributed by atoms with Crippen LogP contribution in [0.2, 0.25) is 5.02 Å². The van der Waals surface area contributed by atoms with Crippen molar-refractivity contribution in [2.45, 2.75) is 58.0 Å². The fourth-order valence-corrected chi connectivity index (χ4v) is 3.33. The standard InChI is InChI=1S/C19H27ClN2O2/c1-13(2)17(19(24)22(3)16-7-5-4-6-8-16)21-18(23)14-9-11-15(20)12-10-14/h9-13,16-17H,4-8H2,1-3H3,(H,21,23). The van der Waals surface area contributed by atoms with Gasteiger partial charge in [-0.05, 0) is 43.0 Å². The van der Waals surface area contributed by atoms with E-state index in [1.165, 1.54) is 19.3 Å². The summed E-state index contributed by atoms with van der Waals surface area (Å²) >= 11 is 5.86. The molecule has 2 rings (SSSR count). The quantitative estimate of drug-likeness (QED) is 0.875. The Bertz CT molecular complexity index is 565. The zero-order valence-electron chi connectivity index (χ0n) is 14.7. The summed E-state index contributed by atoms with van der Waals surface area (Å²) in [6, 6.07) is 6.47. The molecule has 1 unspecified atom stereocenters. The second-order valence-electron chi connectivity index (χ2n) is 6.94. The number of benzene rings is 1. The lowest BCUT2D eigenvalue weighted by Gasteiger charge is -2.35. The van der Waals surface area contributed by atoms with Gasteiger partial charge >= 0.3 is 0 Å². The van der Waals surface area contributed by atoms with E-state index >= 15 is 0 Å². The Kier molecular flexibility index (Phi) is 6.67. The van der Waals surface area contributed by atoms with Crippen LogP contribution in [-0.4, -0.2) is 35.8 Å². The summed E-state index contributed by atoms with van der Waals surface area (Å²) in [6.07, 6.45) is 5.70. The zero-order valence-corrected chi connectivity index (χ0v) is 15.5. The Morgan fingerprint density at radius 3 is 2.25 bits per heavy atom. The number of nitrogens with zero attached hydrogens (tertiary/aromatic N) is 1. The van der Waals surface area contributed by atoms with Crippen LogP contribution in [0.15, 0.2) is 24.3 Å². The fourth-order valence-electron chi connectivity index (χ4n) is 3.21. The normalized spacial score (nSPS) is 16.7. The first-order chi connectivity index (χ1) is 11.4. The third kappa shape index (κ3) is 4.73. The number of nitrogens with one attached hydrogen (secondary N) is 1. The summed E-state index contributed by atoms with van der Waals surface area (Å²) in [5.74, 6) is -0.213. The van der Waals surface area contributed by atoms with Gasteiger partial charge < -0.3 is 10.2 Å². The fraction of sp³-hybridized carbons (Fsp3) is 0.579. The van der Waals surface area contributed by atoms with Crippen molar-refractivity contribution in [1.82, 2.24) is 10.2 Å². The lowest BCUT2D eigenvalue weighted by molar-refractivity contribution is -0.135. The molecule has 2 amide bonds. The summed E-state index contributed by atoms with van der Waals surface area (Å²) in [6.45, 7) is 3.92. The maximum Gasteiger partial charge on any atom is 0.251 e. The van der Waals surface area contributed by atoms with Crippen molar-refractivity contribution >= 4 is 23.4 Å². The molecule has 1 aromatic carbocycles. The van der Waals surface area contributed by atoms with Crippen molar-refractivity contribution in [1.29, 1.82) is 0 Å². The van der Waals surface area contributed by atoms with Gasteiger partial charge in [-0.2, -0.15) is 0 Å². The topological polar surface area (TPSA) is 49.4 Å². The minimum Gasteiger partial charge on any atom is -0.341 e. The minimum atomic E-state index is -0.514. The molecule has 1 aliphatic carbocycles. The molecule has 0 aliphatic heterocycles. The molecular weight excluding hydrogens is 324 g/mol. The monoisotopic (exact) mass is 350 g/mol. The van der Waals surface area contributed by atoms with E-state index in [-0.39, 0.29) is 17.7 Å². The largest absolute Gasteiger partial charge is 0.341 e. The molecule has 0 heterocycles. The van der Waals surface area contributed by atoms with Gasteiger partial charge in [0.15, 0.2) is 0 Å². The van der Waals surface area contributed by atoms with Crippen LogP contribution in [0, 0.1) is 5.92 Å². The molecule has 1 N–H and O–H groups in total. The number of amides is 2. The van der Waals surface area contributed by atoms with Crippen molar-refractivity contribution in [2.75, 3.05) is 7.05 Å². The lowest BCUT2D eigenvalue weighted by atomic mass is 9.93. The molecule has 1 fully saturated rings. The molecule has 0 bridgehead atoms. The van der Waals surface area contributed by atoms with Crippen molar-refractivity contribution in [3.8, 4) is 0 Å². The minimum absolute atomic E-state index is 0.000728. The molecule has 4 nitrogen and oxygen atoms in total. The molecule has 24 heavy (non-hydrogen) atoms. The number of rotatable bonds is 5. The first-order valence-electron chi connectivity index (χ1n) is 8.73. The molecule has 0 saturated heterocycles. The average molecular weight is 351 g/mol. The van der Waals surface area contributed by atoms with Crippen molar-refractivity contribution in [3.63, 3.8) is 0 Å². The molecule has 1 aliphatic rings. The van der Waals surface area contributed by atoms with Crippen LogP contribution in [0.25, 0.3) is 0 Å². The van der Waals surface area contributed by atoms with Crippen LogP contribution < -0.4 is 5.32 Å². The number of halogens is 1. The third-order valence-electron chi connectivity index (χ3n) is 4.80. The van der Waals surface area contributed by atoms with Crippen LogP contribution in [-0.2, 0) is 4.79 Å². The molecule has 1 aromatic rings.